The predicted octanol–water partition coefficient (Wildman–Crippen LogP) is 1.68. The predicted molar refractivity (Wildman–Crippen MR) is 86.0 cm³/mol. The summed E-state index contributed by atoms with van der Waals surface area (Å²) < 4.78 is 5.73. The van der Waals surface area contributed by atoms with Gasteiger partial charge in [0.25, 0.3) is 0 Å². The summed E-state index contributed by atoms with van der Waals surface area (Å²) in [5.41, 5.74) is 2.38. The minimum atomic E-state index is -0.431. The van der Waals surface area contributed by atoms with Gasteiger partial charge in [-0.3, -0.25) is 4.90 Å². The Morgan fingerprint density at radius 2 is 1.62 bits per heavy atom. The van der Waals surface area contributed by atoms with Gasteiger partial charge in [0.2, 0.25) is 0 Å². The number of hydrogen-bond donors (Lipinski definition) is 1. The molecule has 0 saturated carbocycles. The number of hydrogen-bond acceptors (Lipinski definition) is 4. The highest BCUT2D eigenvalue weighted by atomic mass is 16.5. The minimum Gasteiger partial charge on any atom is -0.491 e. The van der Waals surface area contributed by atoms with Gasteiger partial charge in [-0.05, 0) is 43.7 Å². The van der Waals surface area contributed by atoms with Crippen LogP contribution in [0.1, 0.15) is 18.1 Å². The Morgan fingerprint density at radius 3 is 2.19 bits per heavy atom. The molecular formula is C17H28N2O2. The van der Waals surface area contributed by atoms with Crippen molar-refractivity contribution in [2.24, 2.45) is 0 Å². The second-order valence-electron chi connectivity index (χ2n) is 6.02. The number of ether oxygens (including phenoxy) is 1. The Morgan fingerprint density at radius 1 is 1.05 bits per heavy atom. The summed E-state index contributed by atoms with van der Waals surface area (Å²) in [7, 11) is 0. The van der Waals surface area contributed by atoms with E-state index in [1.165, 1.54) is 11.1 Å². The summed E-state index contributed by atoms with van der Waals surface area (Å²) in [4.78, 5) is 4.76. The fourth-order valence-corrected chi connectivity index (χ4v) is 2.85. The second-order valence-corrected chi connectivity index (χ2v) is 6.02. The van der Waals surface area contributed by atoms with Crippen molar-refractivity contribution in [2.75, 3.05) is 45.9 Å². The maximum absolute atomic E-state index is 10.1. The topological polar surface area (TPSA) is 35.9 Å². The summed E-state index contributed by atoms with van der Waals surface area (Å²) in [6.45, 7) is 12.8. The van der Waals surface area contributed by atoms with Gasteiger partial charge in [0.1, 0.15) is 18.5 Å². The third-order valence-electron chi connectivity index (χ3n) is 4.02. The molecule has 0 aliphatic carbocycles. The van der Waals surface area contributed by atoms with Crippen molar-refractivity contribution >= 4 is 0 Å². The summed E-state index contributed by atoms with van der Waals surface area (Å²) >= 11 is 0. The molecule has 2 rings (SSSR count). The number of likely N-dealkylation sites (N-methyl/N-ethyl adjacent to an activating group) is 1. The van der Waals surface area contributed by atoms with Crippen molar-refractivity contribution in [3.8, 4) is 5.75 Å². The summed E-state index contributed by atoms with van der Waals surface area (Å²) in [6, 6.07) is 6.15. The smallest absolute Gasteiger partial charge is 0.119 e. The number of aryl methyl sites for hydroxylation is 2. The molecule has 0 amide bonds. The highest BCUT2D eigenvalue weighted by Gasteiger charge is 2.18. The SMILES string of the molecule is CCN1CCN(CC(O)COc2cc(C)cc(C)c2)CC1. The molecule has 118 valence electrons. The number of nitrogens with zero attached hydrogens (tertiary/aromatic N) is 2. The maximum Gasteiger partial charge on any atom is 0.119 e. The van der Waals surface area contributed by atoms with Crippen molar-refractivity contribution in [3.05, 3.63) is 29.3 Å². The molecule has 1 saturated heterocycles. The van der Waals surface area contributed by atoms with E-state index in [4.69, 9.17) is 4.74 Å². The standard InChI is InChI=1S/C17H28N2O2/c1-4-18-5-7-19(8-6-18)12-16(20)13-21-17-10-14(2)9-15(3)11-17/h9-11,16,20H,4-8,12-13H2,1-3H3. The van der Waals surface area contributed by atoms with Crippen LogP contribution in [0.15, 0.2) is 18.2 Å². The van der Waals surface area contributed by atoms with Crippen molar-refractivity contribution < 1.29 is 9.84 Å². The van der Waals surface area contributed by atoms with Crippen LogP contribution in [-0.2, 0) is 0 Å². The van der Waals surface area contributed by atoms with Gasteiger partial charge < -0.3 is 14.7 Å². The van der Waals surface area contributed by atoms with Gasteiger partial charge in [-0.1, -0.05) is 13.0 Å². The van der Waals surface area contributed by atoms with Crippen LogP contribution in [0.5, 0.6) is 5.75 Å². The van der Waals surface area contributed by atoms with E-state index in [0.29, 0.717) is 13.2 Å². The zero-order valence-corrected chi connectivity index (χ0v) is 13.5. The molecular weight excluding hydrogens is 264 g/mol. The molecule has 1 heterocycles. The maximum atomic E-state index is 10.1. The van der Waals surface area contributed by atoms with Crippen molar-refractivity contribution in [1.29, 1.82) is 0 Å². The van der Waals surface area contributed by atoms with Crippen molar-refractivity contribution in [1.82, 2.24) is 9.80 Å². The van der Waals surface area contributed by atoms with E-state index in [0.717, 1.165) is 38.5 Å². The second kappa shape index (κ2) is 7.78. The molecule has 0 spiro atoms. The number of aliphatic hydroxyl groups is 1. The number of piperazine rings is 1. The lowest BCUT2D eigenvalue weighted by Gasteiger charge is -2.34. The van der Waals surface area contributed by atoms with Crippen LogP contribution in [0.4, 0.5) is 0 Å². The molecule has 1 atom stereocenters. The van der Waals surface area contributed by atoms with Gasteiger partial charge in [0, 0.05) is 32.7 Å². The molecule has 1 fully saturated rings. The van der Waals surface area contributed by atoms with Crippen molar-refractivity contribution in [2.45, 2.75) is 26.9 Å². The number of β-amino-alcohol motifs (C(OH)–C–C–N with tert-alkyl or cyclic N) is 1. The fourth-order valence-electron chi connectivity index (χ4n) is 2.85. The Balaban J connectivity index is 1.73. The van der Waals surface area contributed by atoms with E-state index in [2.05, 4.69) is 36.6 Å². The molecule has 1 unspecified atom stereocenters. The third-order valence-corrected chi connectivity index (χ3v) is 4.02. The average Bonchev–Trinajstić information content (AvgIpc) is 2.45. The van der Waals surface area contributed by atoms with Crippen LogP contribution in [0, 0.1) is 13.8 Å². The van der Waals surface area contributed by atoms with E-state index in [1.807, 2.05) is 12.1 Å². The first-order valence-electron chi connectivity index (χ1n) is 7.90. The zero-order valence-electron chi connectivity index (χ0n) is 13.5. The zero-order chi connectivity index (χ0) is 15.2. The molecule has 21 heavy (non-hydrogen) atoms. The Bertz CT molecular complexity index is 422. The van der Waals surface area contributed by atoms with Crippen LogP contribution in [-0.4, -0.2) is 66.9 Å². The van der Waals surface area contributed by atoms with Crippen LogP contribution >= 0.6 is 0 Å². The van der Waals surface area contributed by atoms with Gasteiger partial charge in [-0.2, -0.15) is 0 Å². The summed E-state index contributed by atoms with van der Waals surface area (Å²) in [5, 5.41) is 10.1. The van der Waals surface area contributed by atoms with Crippen LogP contribution in [0.2, 0.25) is 0 Å². The van der Waals surface area contributed by atoms with Crippen LogP contribution in [0.3, 0.4) is 0 Å². The lowest BCUT2D eigenvalue weighted by molar-refractivity contribution is 0.0470. The van der Waals surface area contributed by atoms with Gasteiger partial charge in [-0.15, -0.1) is 0 Å². The lowest BCUT2D eigenvalue weighted by atomic mass is 10.1. The quantitative estimate of drug-likeness (QED) is 0.865. The molecule has 1 aromatic carbocycles. The Hall–Kier alpha value is -1.10. The first-order valence-corrected chi connectivity index (χ1v) is 7.90. The van der Waals surface area contributed by atoms with E-state index in [-0.39, 0.29) is 0 Å². The van der Waals surface area contributed by atoms with Crippen LogP contribution < -0.4 is 4.74 Å². The lowest BCUT2D eigenvalue weighted by Crippen LogP contribution is -2.49. The highest BCUT2D eigenvalue weighted by Crippen LogP contribution is 2.16. The van der Waals surface area contributed by atoms with Gasteiger partial charge in [-0.25, -0.2) is 0 Å². The minimum absolute atomic E-state index is 0.358. The van der Waals surface area contributed by atoms with Crippen LogP contribution in [0.25, 0.3) is 0 Å². The largest absolute Gasteiger partial charge is 0.491 e. The Kier molecular flexibility index (Phi) is 6.03. The van der Waals surface area contributed by atoms with E-state index < -0.39 is 6.10 Å². The first kappa shape index (κ1) is 16.3. The summed E-state index contributed by atoms with van der Waals surface area (Å²) in [6.07, 6.45) is -0.431. The fraction of sp³-hybridized carbons (Fsp3) is 0.647. The van der Waals surface area contributed by atoms with E-state index >= 15 is 0 Å². The van der Waals surface area contributed by atoms with E-state index in [1.54, 1.807) is 0 Å². The molecule has 4 heteroatoms. The van der Waals surface area contributed by atoms with Gasteiger partial charge in [0.05, 0.1) is 0 Å². The molecule has 0 bridgehead atoms. The number of rotatable bonds is 6. The molecule has 1 aliphatic rings. The van der Waals surface area contributed by atoms with Crippen molar-refractivity contribution in [3.63, 3.8) is 0 Å². The monoisotopic (exact) mass is 292 g/mol. The van der Waals surface area contributed by atoms with Gasteiger partial charge >= 0.3 is 0 Å². The molecule has 0 radical (unpaired) electrons. The average molecular weight is 292 g/mol. The number of aliphatic hydroxyl groups excluding tert-OH is 1. The Labute approximate surface area is 128 Å². The molecule has 0 aromatic heterocycles. The molecule has 4 nitrogen and oxygen atoms in total. The third kappa shape index (κ3) is 5.30. The molecule has 1 aromatic rings. The normalized spacial score (nSPS) is 18.7. The van der Waals surface area contributed by atoms with E-state index in [9.17, 15) is 5.11 Å². The molecule has 1 N–H and O–H groups in total. The number of benzene rings is 1. The molecule has 1 aliphatic heterocycles. The van der Waals surface area contributed by atoms with Gasteiger partial charge in [0.15, 0.2) is 0 Å². The highest BCUT2D eigenvalue weighted by molar-refractivity contribution is 5.32. The first-order chi connectivity index (χ1) is 10.1. The summed E-state index contributed by atoms with van der Waals surface area (Å²) in [5.74, 6) is 0.849.